The van der Waals surface area contributed by atoms with Crippen molar-refractivity contribution >= 4 is 34.2 Å². The molecule has 0 radical (unpaired) electrons. The normalized spacial score (nSPS) is 15.0. The summed E-state index contributed by atoms with van der Waals surface area (Å²) in [6.45, 7) is 5.54. The van der Waals surface area contributed by atoms with E-state index in [1.165, 1.54) is 11.5 Å². The first-order valence-corrected chi connectivity index (χ1v) is 10.9. The average molecular weight is 407 g/mol. The molecule has 0 unspecified atom stereocenters. The Bertz CT molecular complexity index is 734. The van der Waals surface area contributed by atoms with Crippen molar-refractivity contribution in [2.45, 2.75) is 45.4 Å². The molecule has 0 bridgehead atoms. The Labute approximate surface area is 170 Å². The minimum atomic E-state index is 0.297. The lowest BCUT2D eigenvalue weighted by Crippen LogP contribution is -2.35. The Morgan fingerprint density at radius 1 is 1.15 bits per heavy atom. The van der Waals surface area contributed by atoms with Crippen molar-refractivity contribution in [3.63, 3.8) is 0 Å². The van der Waals surface area contributed by atoms with Crippen molar-refractivity contribution in [1.29, 1.82) is 0 Å². The molecule has 1 amide bonds. The number of benzene rings is 1. The summed E-state index contributed by atoms with van der Waals surface area (Å²) in [6, 6.07) is 7.81. The lowest BCUT2D eigenvalue weighted by atomic mass is 10.1. The Hall–Kier alpha value is -1.66. The first-order chi connectivity index (χ1) is 13.2. The zero-order valence-corrected chi connectivity index (χ0v) is 17.4. The smallest absolute Gasteiger partial charge is 0.222 e. The highest BCUT2D eigenvalue weighted by atomic mass is 35.5. The van der Waals surface area contributed by atoms with E-state index >= 15 is 0 Å². The lowest BCUT2D eigenvalue weighted by Gasteiger charge is -2.21. The fourth-order valence-corrected chi connectivity index (χ4v) is 4.13. The molecule has 146 valence electrons. The molecule has 1 fully saturated rings. The van der Waals surface area contributed by atoms with Crippen molar-refractivity contribution in [2.75, 3.05) is 31.1 Å². The molecule has 2 heterocycles. The molecule has 2 aromatic rings. The van der Waals surface area contributed by atoms with Gasteiger partial charge in [-0.05, 0) is 30.5 Å². The third-order valence-corrected chi connectivity index (χ3v) is 5.91. The molecule has 1 aliphatic rings. The van der Waals surface area contributed by atoms with Crippen LogP contribution < -0.4 is 4.90 Å². The molecule has 3 rings (SSSR count). The molecule has 0 spiro atoms. The van der Waals surface area contributed by atoms with Crippen LogP contribution in [0.25, 0.3) is 0 Å². The minimum Gasteiger partial charge on any atom is -0.345 e. The number of unbranched alkanes of at least 4 members (excludes halogenated alkanes) is 2. The van der Waals surface area contributed by atoms with E-state index in [2.05, 4.69) is 16.2 Å². The van der Waals surface area contributed by atoms with E-state index in [1.54, 1.807) is 0 Å². The largest absolute Gasteiger partial charge is 0.345 e. The van der Waals surface area contributed by atoms with Crippen molar-refractivity contribution in [3.8, 4) is 0 Å². The first-order valence-electron chi connectivity index (χ1n) is 9.75. The van der Waals surface area contributed by atoms with Gasteiger partial charge in [0.2, 0.25) is 11.0 Å². The molecule has 1 aromatic carbocycles. The Kier molecular flexibility index (Phi) is 7.47. The highest BCUT2D eigenvalue weighted by Crippen LogP contribution is 2.21. The second-order valence-corrected chi connectivity index (χ2v) is 8.14. The maximum absolute atomic E-state index is 12.4. The van der Waals surface area contributed by atoms with Crippen molar-refractivity contribution in [1.82, 2.24) is 14.3 Å². The van der Waals surface area contributed by atoms with E-state index in [4.69, 9.17) is 16.6 Å². The molecule has 1 aromatic heterocycles. The van der Waals surface area contributed by atoms with Crippen molar-refractivity contribution in [2.24, 2.45) is 0 Å². The number of carbonyl (C=O) groups is 1. The number of rotatable bonds is 7. The van der Waals surface area contributed by atoms with Crippen LogP contribution >= 0.6 is 23.1 Å². The Balaban J connectivity index is 1.54. The highest BCUT2D eigenvalue weighted by molar-refractivity contribution is 7.09. The molecule has 1 aliphatic heterocycles. The number of hydrogen-bond acceptors (Lipinski definition) is 5. The van der Waals surface area contributed by atoms with Gasteiger partial charge >= 0.3 is 0 Å². The number of nitrogens with zero attached hydrogens (tertiary/aromatic N) is 4. The zero-order valence-electron chi connectivity index (χ0n) is 15.9. The van der Waals surface area contributed by atoms with Crippen LogP contribution in [0.4, 0.5) is 5.13 Å². The maximum atomic E-state index is 12.4. The third kappa shape index (κ3) is 5.91. The summed E-state index contributed by atoms with van der Waals surface area (Å²) in [5, 5.41) is 1.70. The summed E-state index contributed by atoms with van der Waals surface area (Å²) >= 11 is 7.39. The zero-order chi connectivity index (χ0) is 19.1. The molecule has 7 heteroatoms. The molecule has 5 nitrogen and oxygen atoms in total. The second-order valence-electron chi connectivity index (χ2n) is 6.97. The van der Waals surface area contributed by atoms with Gasteiger partial charge in [0.25, 0.3) is 0 Å². The van der Waals surface area contributed by atoms with Gasteiger partial charge in [0.05, 0.1) is 0 Å². The molecule has 0 N–H and O–H groups in total. The van der Waals surface area contributed by atoms with Gasteiger partial charge in [-0.2, -0.15) is 4.37 Å². The van der Waals surface area contributed by atoms with Crippen LogP contribution in [0.5, 0.6) is 0 Å². The maximum Gasteiger partial charge on any atom is 0.222 e. The van der Waals surface area contributed by atoms with E-state index in [-0.39, 0.29) is 0 Å². The SMILES string of the molecule is CCCCCC(=O)N1CCCN(c2nc(Cc3ccc(Cl)cc3)ns2)CC1. The summed E-state index contributed by atoms with van der Waals surface area (Å²) < 4.78 is 4.52. The summed E-state index contributed by atoms with van der Waals surface area (Å²) in [5.74, 6) is 1.14. The van der Waals surface area contributed by atoms with Crippen LogP contribution in [-0.2, 0) is 11.2 Å². The van der Waals surface area contributed by atoms with Crippen LogP contribution in [0.15, 0.2) is 24.3 Å². The predicted octanol–water partition coefficient (Wildman–Crippen LogP) is 4.40. The fraction of sp³-hybridized carbons (Fsp3) is 0.550. The van der Waals surface area contributed by atoms with Gasteiger partial charge in [-0.3, -0.25) is 4.79 Å². The molecule has 1 saturated heterocycles. The van der Waals surface area contributed by atoms with Crippen LogP contribution in [0.1, 0.15) is 50.4 Å². The number of carbonyl (C=O) groups excluding carboxylic acids is 1. The van der Waals surface area contributed by atoms with E-state index in [0.29, 0.717) is 18.7 Å². The lowest BCUT2D eigenvalue weighted by molar-refractivity contribution is -0.131. The molecule has 0 aliphatic carbocycles. The van der Waals surface area contributed by atoms with Gasteiger partial charge in [0.1, 0.15) is 5.82 Å². The van der Waals surface area contributed by atoms with E-state index in [1.807, 2.05) is 29.2 Å². The van der Waals surface area contributed by atoms with Crippen molar-refractivity contribution < 1.29 is 4.79 Å². The summed E-state index contributed by atoms with van der Waals surface area (Å²) in [4.78, 5) is 21.4. The van der Waals surface area contributed by atoms with Gasteiger partial charge < -0.3 is 9.80 Å². The van der Waals surface area contributed by atoms with Crippen LogP contribution in [0, 0.1) is 0 Å². The van der Waals surface area contributed by atoms with Gasteiger partial charge in [-0.25, -0.2) is 4.98 Å². The number of amides is 1. The first kappa shape index (κ1) is 20.1. The molecular weight excluding hydrogens is 380 g/mol. The number of aromatic nitrogens is 2. The monoisotopic (exact) mass is 406 g/mol. The Morgan fingerprint density at radius 3 is 2.74 bits per heavy atom. The quantitative estimate of drug-likeness (QED) is 0.639. The topological polar surface area (TPSA) is 49.3 Å². The van der Waals surface area contributed by atoms with E-state index in [0.717, 1.165) is 73.4 Å². The summed E-state index contributed by atoms with van der Waals surface area (Å²) in [7, 11) is 0. The van der Waals surface area contributed by atoms with E-state index < -0.39 is 0 Å². The molecule has 0 atom stereocenters. The van der Waals surface area contributed by atoms with Gasteiger partial charge in [-0.15, -0.1) is 0 Å². The number of anilines is 1. The number of halogens is 1. The predicted molar refractivity (Wildman–Crippen MR) is 112 cm³/mol. The van der Waals surface area contributed by atoms with Gasteiger partial charge in [0, 0.05) is 55.6 Å². The van der Waals surface area contributed by atoms with Crippen LogP contribution in [-0.4, -0.2) is 46.3 Å². The van der Waals surface area contributed by atoms with Crippen LogP contribution in [0.2, 0.25) is 5.02 Å². The van der Waals surface area contributed by atoms with Gasteiger partial charge in [-0.1, -0.05) is 43.5 Å². The molecule has 0 saturated carbocycles. The highest BCUT2D eigenvalue weighted by Gasteiger charge is 2.21. The molecule has 27 heavy (non-hydrogen) atoms. The minimum absolute atomic E-state index is 0.297. The average Bonchev–Trinajstić information content (AvgIpc) is 2.98. The fourth-order valence-electron chi connectivity index (χ4n) is 3.27. The third-order valence-electron chi connectivity index (χ3n) is 4.85. The van der Waals surface area contributed by atoms with E-state index in [9.17, 15) is 4.79 Å². The second kappa shape index (κ2) is 10.0. The number of hydrogen-bond donors (Lipinski definition) is 0. The van der Waals surface area contributed by atoms with Crippen molar-refractivity contribution in [3.05, 3.63) is 40.7 Å². The summed E-state index contributed by atoms with van der Waals surface area (Å²) in [6.07, 6.45) is 5.65. The standard InChI is InChI=1S/C20H27ClN4OS/c1-2-3-4-6-19(26)24-11-5-12-25(14-13-24)20-22-18(23-27-20)15-16-7-9-17(21)10-8-16/h7-10H,2-6,11-15H2,1H3. The van der Waals surface area contributed by atoms with Gasteiger partial charge in [0.15, 0.2) is 0 Å². The summed E-state index contributed by atoms with van der Waals surface area (Å²) in [5.41, 5.74) is 1.16. The van der Waals surface area contributed by atoms with Crippen LogP contribution in [0.3, 0.4) is 0 Å². The molecular formula is C20H27ClN4OS. The Morgan fingerprint density at radius 2 is 1.96 bits per heavy atom.